The highest BCUT2D eigenvalue weighted by molar-refractivity contribution is 7.17. The van der Waals surface area contributed by atoms with Crippen LogP contribution in [0.3, 0.4) is 0 Å². The lowest BCUT2D eigenvalue weighted by Crippen LogP contribution is -2.29. The van der Waals surface area contributed by atoms with Crippen molar-refractivity contribution < 1.29 is 4.74 Å². The number of allylic oxidation sites excluding steroid dienone is 6. The van der Waals surface area contributed by atoms with Crippen molar-refractivity contribution in [2.45, 2.75) is 52.9 Å². The lowest BCUT2D eigenvalue weighted by molar-refractivity contribution is 0.219. The molecule has 2 aromatic rings. The molecule has 6 heteroatoms. The molecule has 0 atom stereocenters. The van der Waals surface area contributed by atoms with Crippen LogP contribution in [-0.4, -0.2) is 18.1 Å². The van der Waals surface area contributed by atoms with Gasteiger partial charge >= 0.3 is 0 Å². The third-order valence-electron chi connectivity index (χ3n) is 6.86. The van der Waals surface area contributed by atoms with Crippen LogP contribution in [0.1, 0.15) is 57.8 Å². The molecule has 0 radical (unpaired) electrons. The minimum Gasteiger partial charge on any atom is -0.461 e. The second kappa shape index (κ2) is 9.80. The Bertz CT molecular complexity index is 1360. The normalized spacial score (nSPS) is 20.4. The molecule has 3 heterocycles. The van der Waals surface area contributed by atoms with Crippen LogP contribution in [0.15, 0.2) is 70.3 Å². The summed E-state index contributed by atoms with van der Waals surface area (Å²) in [5.74, 6) is 1.59. The van der Waals surface area contributed by atoms with Crippen LogP contribution in [-0.2, 0) is 4.74 Å². The third-order valence-corrected chi connectivity index (χ3v) is 7.92. The van der Waals surface area contributed by atoms with E-state index in [1.165, 1.54) is 19.3 Å². The Morgan fingerprint density at radius 3 is 2.58 bits per heavy atom. The standard InChI is InChI=1S/C30H30N4OS/c1-30(2,3)26-18-23(24(19-31)32-4)22-14-13-21(28(22)35-26)17-25-27(20-11-7-5-8-12-20)33-29(36-25)34-15-9-6-10-16-34/h5,7-8,11-12,17-18H,6,9-10,13-16H2,1-3H3. The van der Waals surface area contributed by atoms with Crippen molar-refractivity contribution in [1.82, 2.24) is 4.98 Å². The van der Waals surface area contributed by atoms with E-state index in [9.17, 15) is 5.26 Å². The molecule has 1 aromatic heterocycles. The van der Waals surface area contributed by atoms with Gasteiger partial charge in [-0.05, 0) is 55.4 Å². The Kier molecular flexibility index (Phi) is 6.56. The number of hydrogen-bond acceptors (Lipinski definition) is 5. The van der Waals surface area contributed by atoms with Gasteiger partial charge in [0, 0.05) is 29.6 Å². The fraction of sp³-hybridized carbons (Fsp3) is 0.367. The zero-order chi connectivity index (χ0) is 25.3. The predicted octanol–water partition coefficient (Wildman–Crippen LogP) is 7.89. The second-order valence-corrected chi connectivity index (χ2v) is 11.5. The van der Waals surface area contributed by atoms with Gasteiger partial charge in [-0.1, -0.05) is 62.4 Å². The maximum absolute atomic E-state index is 9.64. The summed E-state index contributed by atoms with van der Waals surface area (Å²) in [6.07, 6.45) is 9.39. The summed E-state index contributed by atoms with van der Waals surface area (Å²) in [4.78, 5) is 12.2. The van der Waals surface area contributed by atoms with E-state index in [1.54, 1.807) is 11.3 Å². The van der Waals surface area contributed by atoms with Gasteiger partial charge in [-0.15, -0.1) is 0 Å². The van der Waals surface area contributed by atoms with Crippen molar-refractivity contribution in [2.24, 2.45) is 5.41 Å². The average Bonchev–Trinajstić information content (AvgIpc) is 3.50. The number of thiazole rings is 1. The molecule has 0 saturated carbocycles. The van der Waals surface area contributed by atoms with E-state index in [4.69, 9.17) is 16.3 Å². The molecule has 1 fully saturated rings. The molecule has 0 amide bonds. The fourth-order valence-electron chi connectivity index (χ4n) is 4.89. The number of anilines is 1. The molecule has 0 unspecified atom stereocenters. The van der Waals surface area contributed by atoms with Gasteiger partial charge in [0.25, 0.3) is 5.70 Å². The van der Waals surface area contributed by atoms with Gasteiger partial charge in [-0.25, -0.2) is 15.1 Å². The van der Waals surface area contributed by atoms with Gasteiger partial charge in [0.05, 0.1) is 23.2 Å². The van der Waals surface area contributed by atoms with Crippen molar-refractivity contribution in [3.05, 3.63) is 86.6 Å². The number of benzene rings is 1. The SMILES string of the molecule is [C-]#[N+]C(C#N)=C1C=C(C(C)(C)C)OC2=C1CCC2=Cc1sc(N2CCCCC2)nc1-c1ccccc1. The highest BCUT2D eigenvalue weighted by Crippen LogP contribution is 2.47. The van der Waals surface area contributed by atoms with Gasteiger partial charge in [0.2, 0.25) is 0 Å². The first-order valence-corrected chi connectivity index (χ1v) is 13.4. The summed E-state index contributed by atoms with van der Waals surface area (Å²) >= 11 is 1.74. The van der Waals surface area contributed by atoms with Crippen LogP contribution in [0.25, 0.3) is 22.2 Å². The average molecular weight is 495 g/mol. The van der Waals surface area contributed by atoms with E-state index >= 15 is 0 Å². The zero-order valence-corrected chi connectivity index (χ0v) is 21.9. The molecule has 0 N–H and O–H groups in total. The van der Waals surface area contributed by atoms with E-state index in [0.29, 0.717) is 5.57 Å². The molecular formula is C30H30N4OS. The Morgan fingerprint density at radius 2 is 1.92 bits per heavy atom. The van der Waals surface area contributed by atoms with Gasteiger partial charge in [-0.2, -0.15) is 0 Å². The van der Waals surface area contributed by atoms with Gasteiger partial charge in [0.1, 0.15) is 11.5 Å². The summed E-state index contributed by atoms with van der Waals surface area (Å²) in [6.45, 7) is 15.9. The van der Waals surface area contributed by atoms with Gasteiger partial charge in [0.15, 0.2) is 5.13 Å². The molecule has 0 bridgehead atoms. The molecule has 1 aliphatic carbocycles. The molecule has 1 aromatic carbocycles. The molecule has 5 rings (SSSR count). The van der Waals surface area contributed by atoms with Gasteiger partial charge in [-0.3, -0.25) is 0 Å². The van der Waals surface area contributed by atoms with Crippen LogP contribution in [0, 0.1) is 23.3 Å². The first-order chi connectivity index (χ1) is 17.4. The monoisotopic (exact) mass is 494 g/mol. The lowest BCUT2D eigenvalue weighted by atomic mass is 9.89. The number of hydrogen-bond donors (Lipinski definition) is 0. The van der Waals surface area contributed by atoms with Crippen molar-refractivity contribution in [3.8, 4) is 17.3 Å². The number of aromatic nitrogens is 1. The first-order valence-electron chi connectivity index (χ1n) is 12.6. The molecule has 2 aliphatic heterocycles. The number of nitriles is 1. The quantitative estimate of drug-likeness (QED) is 0.322. The van der Waals surface area contributed by atoms with Crippen molar-refractivity contribution in [3.63, 3.8) is 0 Å². The molecule has 5 nitrogen and oxygen atoms in total. The zero-order valence-electron chi connectivity index (χ0n) is 21.1. The van der Waals surface area contributed by atoms with Crippen LogP contribution < -0.4 is 4.90 Å². The van der Waals surface area contributed by atoms with E-state index in [-0.39, 0.29) is 11.1 Å². The molecule has 182 valence electrons. The van der Waals surface area contributed by atoms with Crippen LogP contribution >= 0.6 is 11.3 Å². The highest BCUT2D eigenvalue weighted by Gasteiger charge is 2.34. The van der Waals surface area contributed by atoms with Crippen LogP contribution in [0.2, 0.25) is 0 Å². The summed E-state index contributed by atoms with van der Waals surface area (Å²) in [5, 5.41) is 10.7. The maximum Gasteiger partial charge on any atom is 0.269 e. The van der Waals surface area contributed by atoms with E-state index < -0.39 is 0 Å². The Hall–Kier alpha value is -3.61. The van der Waals surface area contributed by atoms with Crippen molar-refractivity contribution in [1.29, 1.82) is 5.26 Å². The molecule has 0 spiro atoms. The van der Waals surface area contributed by atoms with Crippen LogP contribution in [0.5, 0.6) is 0 Å². The fourth-order valence-corrected chi connectivity index (χ4v) is 5.99. The van der Waals surface area contributed by atoms with E-state index in [1.807, 2.05) is 12.1 Å². The molecule has 36 heavy (non-hydrogen) atoms. The number of rotatable bonds is 3. The molecule has 1 saturated heterocycles. The Morgan fingerprint density at radius 1 is 1.17 bits per heavy atom. The van der Waals surface area contributed by atoms with E-state index in [2.05, 4.69) is 66.9 Å². The lowest BCUT2D eigenvalue weighted by Gasteiger charge is -2.28. The minimum absolute atomic E-state index is 0.129. The van der Waals surface area contributed by atoms with Gasteiger partial charge < -0.3 is 9.64 Å². The predicted molar refractivity (Wildman–Crippen MR) is 146 cm³/mol. The largest absolute Gasteiger partial charge is 0.461 e. The molecule has 3 aliphatic rings. The Balaban J connectivity index is 1.61. The summed E-state index contributed by atoms with van der Waals surface area (Å²) in [7, 11) is 0. The maximum atomic E-state index is 9.64. The second-order valence-electron chi connectivity index (χ2n) is 10.4. The molecular weight excluding hydrogens is 464 g/mol. The van der Waals surface area contributed by atoms with E-state index in [0.717, 1.165) is 69.9 Å². The third kappa shape index (κ3) is 4.62. The number of ether oxygens (including phenoxy) is 1. The topological polar surface area (TPSA) is 53.5 Å². The minimum atomic E-state index is -0.249. The highest BCUT2D eigenvalue weighted by atomic mass is 32.1. The first kappa shape index (κ1) is 24.1. The van der Waals surface area contributed by atoms with Crippen molar-refractivity contribution in [2.75, 3.05) is 18.0 Å². The summed E-state index contributed by atoms with van der Waals surface area (Å²) in [5.41, 5.74) is 4.76. The van der Waals surface area contributed by atoms with Crippen molar-refractivity contribution >= 4 is 22.5 Å². The summed E-state index contributed by atoms with van der Waals surface area (Å²) in [6, 6.07) is 12.5. The summed E-state index contributed by atoms with van der Waals surface area (Å²) < 4.78 is 6.50. The number of nitrogens with zero attached hydrogens (tertiary/aromatic N) is 4. The number of piperidine rings is 1. The smallest absolute Gasteiger partial charge is 0.269 e. The Labute approximate surface area is 217 Å². The van der Waals surface area contributed by atoms with Crippen LogP contribution in [0.4, 0.5) is 5.13 Å².